The number of aromatic nitrogens is 8. The zero-order valence-electron chi connectivity index (χ0n) is 45.8. The zero-order chi connectivity index (χ0) is 58.0. The number of nitrogens with zero attached hydrogens (tertiary/aromatic N) is 8. The number of amides is 4. The van der Waals surface area contributed by atoms with E-state index in [4.69, 9.17) is 22.9 Å². The lowest BCUT2D eigenvalue weighted by atomic mass is 9.80. The molecule has 0 radical (unpaired) electrons. The van der Waals surface area contributed by atoms with Gasteiger partial charge in [0.2, 0.25) is 23.6 Å². The summed E-state index contributed by atoms with van der Waals surface area (Å²) in [5.41, 5.74) is 29.5. The van der Waals surface area contributed by atoms with E-state index < -0.39 is 69.7 Å². The van der Waals surface area contributed by atoms with Gasteiger partial charge >= 0.3 is 0 Å². The first-order chi connectivity index (χ1) is 37.8. The van der Waals surface area contributed by atoms with E-state index in [1.807, 2.05) is 115 Å². The SMILES string of the molecule is CC(C)(C(N)=O)[C@@H](O)[C@@H]1c2ccccc2-c2cncn21.CC(C)(C(N)=O)[C@@H](O)[C@H]1c2ccccc2-c2cncn21.CC(C)(C(N)=O)[C@H](O)[C@@H]1c2ccccc2-c2cncn21.CC(C)(C(N)=O)[C@H](O)[C@H]1c2ccccc2-c2cncn21. The van der Waals surface area contributed by atoms with Crippen molar-refractivity contribution in [3.05, 3.63) is 169 Å². The van der Waals surface area contributed by atoms with Gasteiger partial charge in [-0.15, -0.1) is 0 Å². The number of aliphatic hydroxyl groups excluding tert-OH is 4. The van der Waals surface area contributed by atoms with Gasteiger partial charge in [-0.05, 0) is 77.6 Å². The number of primary amides is 4. The normalized spacial score (nSPS) is 18.4. The van der Waals surface area contributed by atoms with Gasteiger partial charge < -0.3 is 61.6 Å². The van der Waals surface area contributed by atoms with Crippen LogP contribution >= 0.6 is 0 Å². The van der Waals surface area contributed by atoms with Crippen LogP contribution in [0.4, 0.5) is 0 Å². The number of hydrogen-bond donors (Lipinski definition) is 8. The highest BCUT2D eigenvalue weighted by Crippen LogP contribution is 2.48. The second-order valence-electron chi connectivity index (χ2n) is 23.0. The van der Waals surface area contributed by atoms with Gasteiger partial charge in [0.05, 0.1) is 143 Å². The standard InChI is InChI=1S/4C15H17N3O2/c4*1-15(2,14(16)20)13(19)12-10-6-4-3-5-9(10)11-7-17-8-18(11)12/h4*3-8,12-13,19H,1-2H3,(H2,16,20)/t2*12-,13+;2*12-,13-/m1010/s1. The predicted octanol–water partition coefficient (Wildman–Crippen LogP) is 5.30. The molecule has 8 atom stereocenters. The largest absolute Gasteiger partial charge is 0.389 e. The number of imidazole rings is 4. The first-order valence-electron chi connectivity index (χ1n) is 26.1. The quantitative estimate of drug-likeness (QED) is 0.0773. The Morgan fingerprint density at radius 2 is 0.537 bits per heavy atom. The van der Waals surface area contributed by atoms with Gasteiger partial charge in [0.1, 0.15) is 0 Å². The van der Waals surface area contributed by atoms with E-state index in [0.717, 1.165) is 67.3 Å². The third-order valence-electron chi connectivity index (χ3n) is 16.8. The summed E-state index contributed by atoms with van der Waals surface area (Å²) in [7, 11) is 0. The van der Waals surface area contributed by atoms with Crippen molar-refractivity contribution in [2.45, 2.75) is 104 Å². The Morgan fingerprint density at radius 3 is 0.713 bits per heavy atom. The number of carbonyl (C=O) groups is 4. The van der Waals surface area contributed by atoms with E-state index in [2.05, 4.69) is 19.9 Å². The molecule has 4 aliphatic heterocycles. The van der Waals surface area contributed by atoms with Crippen LogP contribution in [0.2, 0.25) is 0 Å². The fourth-order valence-electron chi connectivity index (χ4n) is 10.9. The van der Waals surface area contributed by atoms with Gasteiger partial charge in [0, 0.05) is 22.3 Å². The molecule has 20 nitrogen and oxygen atoms in total. The van der Waals surface area contributed by atoms with Crippen molar-refractivity contribution in [3.8, 4) is 45.0 Å². The van der Waals surface area contributed by atoms with E-state index in [1.54, 1.807) is 105 Å². The maximum Gasteiger partial charge on any atom is 0.225 e. The van der Waals surface area contributed by atoms with Gasteiger partial charge in [0.25, 0.3) is 0 Å². The summed E-state index contributed by atoms with van der Waals surface area (Å²) < 4.78 is 7.61. The fourth-order valence-corrected chi connectivity index (χ4v) is 10.9. The smallest absolute Gasteiger partial charge is 0.225 e. The van der Waals surface area contributed by atoms with Crippen molar-refractivity contribution in [3.63, 3.8) is 0 Å². The van der Waals surface area contributed by atoms with Crippen LogP contribution in [0.1, 0.15) is 102 Å². The molecule has 416 valence electrons. The number of nitrogens with two attached hydrogens (primary N) is 4. The molecule has 8 heterocycles. The molecule has 0 saturated heterocycles. The minimum Gasteiger partial charge on any atom is -0.389 e. The van der Waals surface area contributed by atoms with Crippen molar-refractivity contribution in [2.24, 2.45) is 44.6 Å². The summed E-state index contributed by atoms with van der Waals surface area (Å²) in [6, 6.07) is 30.0. The van der Waals surface area contributed by atoms with E-state index in [-0.39, 0.29) is 24.2 Å². The molecule has 0 fully saturated rings. The van der Waals surface area contributed by atoms with Crippen LogP contribution in [0.3, 0.4) is 0 Å². The van der Waals surface area contributed by atoms with Crippen molar-refractivity contribution < 1.29 is 39.6 Å². The van der Waals surface area contributed by atoms with Gasteiger partial charge in [-0.1, -0.05) is 97.1 Å². The summed E-state index contributed by atoms with van der Waals surface area (Å²) in [6.07, 6.45) is 10.1. The fraction of sp³-hybridized carbons (Fsp3) is 0.333. The first kappa shape index (κ1) is 56.2. The highest BCUT2D eigenvalue weighted by Gasteiger charge is 2.48. The highest BCUT2D eigenvalue weighted by atomic mass is 16.3. The molecule has 12 N–H and O–H groups in total. The van der Waals surface area contributed by atoms with Crippen molar-refractivity contribution in [2.75, 3.05) is 0 Å². The summed E-state index contributed by atoms with van der Waals surface area (Å²) in [5, 5.41) is 42.8. The first-order valence-corrected chi connectivity index (χ1v) is 26.1. The van der Waals surface area contributed by atoms with E-state index >= 15 is 0 Å². The summed E-state index contributed by atoms with van der Waals surface area (Å²) in [5.74, 6) is -2.07. The number of rotatable bonds is 12. The van der Waals surface area contributed by atoms with Crippen molar-refractivity contribution in [1.82, 2.24) is 38.2 Å². The average Bonchev–Trinajstić information content (AvgIpc) is 4.35. The Hall–Kier alpha value is -8.56. The lowest BCUT2D eigenvalue weighted by Gasteiger charge is -2.32. The maximum absolute atomic E-state index is 11.6. The molecular formula is C60H68N12O8. The van der Waals surface area contributed by atoms with E-state index in [9.17, 15) is 39.6 Å². The topological polar surface area (TPSA) is 325 Å². The van der Waals surface area contributed by atoms with Crippen LogP contribution in [0.15, 0.2) is 147 Å². The Kier molecular flexibility index (Phi) is 14.7. The predicted molar refractivity (Wildman–Crippen MR) is 299 cm³/mol. The number of hydrogen-bond acceptors (Lipinski definition) is 12. The second-order valence-corrected chi connectivity index (χ2v) is 23.0. The molecule has 0 saturated carbocycles. The third-order valence-corrected chi connectivity index (χ3v) is 16.8. The number of carbonyl (C=O) groups excluding carboxylic acids is 4. The summed E-state index contributed by atoms with van der Waals surface area (Å²) in [6.45, 7) is 13.3. The molecule has 80 heavy (non-hydrogen) atoms. The molecule has 0 bridgehead atoms. The molecule has 12 rings (SSSR count). The van der Waals surface area contributed by atoms with Crippen LogP contribution in [0.25, 0.3) is 45.0 Å². The van der Waals surface area contributed by atoms with Crippen LogP contribution in [-0.4, -0.2) is 107 Å². The Morgan fingerprint density at radius 1 is 0.362 bits per heavy atom. The lowest BCUT2D eigenvalue weighted by molar-refractivity contribution is -0.134. The molecule has 0 spiro atoms. The molecule has 4 amide bonds. The number of aliphatic hydroxyl groups is 4. The van der Waals surface area contributed by atoms with Crippen LogP contribution in [0.5, 0.6) is 0 Å². The molecule has 4 aliphatic rings. The highest BCUT2D eigenvalue weighted by molar-refractivity contribution is 5.83. The van der Waals surface area contributed by atoms with E-state index in [0.29, 0.717) is 0 Å². The number of benzene rings is 4. The van der Waals surface area contributed by atoms with Crippen molar-refractivity contribution in [1.29, 1.82) is 0 Å². The lowest BCUT2D eigenvalue weighted by Crippen LogP contribution is -2.45. The number of fused-ring (bicyclic) bond motifs is 12. The summed E-state index contributed by atoms with van der Waals surface area (Å²) >= 11 is 0. The molecule has 8 aromatic rings. The van der Waals surface area contributed by atoms with Crippen LogP contribution < -0.4 is 22.9 Å². The molecule has 20 heteroatoms. The Balaban J connectivity index is 0.000000129. The van der Waals surface area contributed by atoms with Gasteiger partial charge in [0.15, 0.2) is 0 Å². The molecule has 0 aliphatic carbocycles. The van der Waals surface area contributed by atoms with Gasteiger partial charge in [-0.2, -0.15) is 0 Å². The van der Waals surface area contributed by atoms with Crippen molar-refractivity contribution >= 4 is 23.6 Å². The molecule has 4 aromatic heterocycles. The van der Waals surface area contributed by atoms with Crippen LogP contribution in [0, 0.1) is 21.7 Å². The minimum atomic E-state index is -1.02. The maximum atomic E-state index is 11.6. The monoisotopic (exact) mass is 1080 g/mol. The minimum absolute atomic E-state index is 0.341. The Bertz CT molecular complexity index is 3170. The molecule has 0 unspecified atom stereocenters. The van der Waals surface area contributed by atoms with E-state index in [1.165, 1.54) is 0 Å². The average molecular weight is 1090 g/mol. The zero-order valence-corrected chi connectivity index (χ0v) is 45.8. The summed E-state index contributed by atoms with van der Waals surface area (Å²) in [4.78, 5) is 63.0. The Labute approximate surface area is 462 Å². The van der Waals surface area contributed by atoms with Gasteiger partial charge in [-0.3, -0.25) is 19.2 Å². The molecule has 4 aromatic carbocycles. The third kappa shape index (κ3) is 9.26. The molecular weight excluding hydrogens is 1020 g/mol. The second kappa shape index (κ2) is 20.9. The van der Waals surface area contributed by atoms with Gasteiger partial charge in [-0.25, -0.2) is 19.9 Å². The van der Waals surface area contributed by atoms with Crippen LogP contribution in [-0.2, 0) is 19.2 Å².